The van der Waals surface area contributed by atoms with Crippen molar-refractivity contribution in [2.45, 2.75) is 32.8 Å². The van der Waals surface area contributed by atoms with E-state index in [2.05, 4.69) is 19.8 Å². The number of ether oxygens (including phenoxy) is 2. The molecule has 188 valence electrons. The molecule has 1 aliphatic rings. The van der Waals surface area contributed by atoms with Gasteiger partial charge in [0.15, 0.2) is 17.0 Å². The number of amides is 1. The first-order valence-electron chi connectivity index (χ1n) is 12.1. The van der Waals surface area contributed by atoms with Crippen LogP contribution in [0.25, 0.3) is 38.7 Å². The van der Waals surface area contributed by atoms with Gasteiger partial charge in [0.25, 0.3) is 5.91 Å². The first-order valence-corrected chi connectivity index (χ1v) is 12.1. The first-order chi connectivity index (χ1) is 17.9. The Kier molecular flexibility index (Phi) is 6.59. The Morgan fingerprint density at radius 3 is 2.59 bits per heavy atom. The van der Waals surface area contributed by atoms with Crippen molar-refractivity contribution in [3.63, 3.8) is 0 Å². The molecule has 9 nitrogen and oxygen atoms in total. The molecule has 1 aliphatic heterocycles. The third-order valence-corrected chi connectivity index (χ3v) is 6.36. The Morgan fingerprint density at radius 2 is 1.89 bits per heavy atom. The molecule has 1 saturated heterocycles. The fraction of sp³-hybridized carbons (Fsp3) is 0.321. The fourth-order valence-electron chi connectivity index (χ4n) is 4.43. The molecule has 0 saturated carbocycles. The van der Waals surface area contributed by atoms with Crippen LogP contribution in [0.2, 0.25) is 0 Å². The van der Waals surface area contributed by atoms with E-state index in [1.54, 1.807) is 38.6 Å². The van der Waals surface area contributed by atoms with Crippen LogP contribution in [0.5, 0.6) is 5.75 Å². The Morgan fingerprint density at radius 1 is 1.11 bits per heavy atom. The first kappa shape index (κ1) is 24.4. The monoisotopic (exact) mass is 497 g/mol. The number of pyridine rings is 3. The summed E-state index contributed by atoms with van der Waals surface area (Å²) in [4.78, 5) is 31.2. The van der Waals surface area contributed by atoms with Gasteiger partial charge in [0.05, 0.1) is 24.3 Å². The normalized spacial score (nSPS) is 13.9. The Balaban J connectivity index is 1.53. The van der Waals surface area contributed by atoms with Gasteiger partial charge in [0, 0.05) is 45.4 Å². The predicted molar refractivity (Wildman–Crippen MR) is 139 cm³/mol. The number of aryl methyl sites for hydroxylation is 2. The average Bonchev–Trinajstić information content (AvgIpc) is 3.33. The highest BCUT2D eigenvalue weighted by atomic mass is 16.5. The minimum atomic E-state index is -0.114. The number of carbonyl (C=O) groups is 1. The number of furan rings is 1. The predicted octanol–water partition coefficient (Wildman–Crippen LogP) is 5.38. The topological polar surface area (TPSA) is 94.9 Å². The molecule has 4 aromatic rings. The molecule has 5 rings (SSSR count). The third-order valence-electron chi connectivity index (χ3n) is 6.36. The second kappa shape index (κ2) is 9.99. The summed E-state index contributed by atoms with van der Waals surface area (Å²) in [6.07, 6.45) is 4.91. The SMILES string of the molecule is [C-]#[N+]c1nc(-c2c(C)cnc3cc(-c4ncc(C(=O)N(C)C)cc4C)oc23)ccc1OC1CCOCC1. The van der Waals surface area contributed by atoms with Crippen LogP contribution < -0.4 is 4.74 Å². The summed E-state index contributed by atoms with van der Waals surface area (Å²) in [6.45, 7) is 12.8. The van der Waals surface area contributed by atoms with Crippen molar-refractivity contribution in [3.8, 4) is 28.5 Å². The maximum absolute atomic E-state index is 12.3. The number of rotatable bonds is 5. The Bertz CT molecular complexity index is 1530. The number of aromatic nitrogens is 3. The van der Waals surface area contributed by atoms with E-state index in [-0.39, 0.29) is 17.8 Å². The van der Waals surface area contributed by atoms with Crippen molar-refractivity contribution in [1.29, 1.82) is 0 Å². The van der Waals surface area contributed by atoms with Gasteiger partial charge < -0.3 is 23.6 Å². The average molecular weight is 498 g/mol. The molecule has 0 spiro atoms. The molecule has 4 aromatic heterocycles. The van der Waals surface area contributed by atoms with Crippen molar-refractivity contribution < 1.29 is 18.7 Å². The molecular formula is C28H27N5O4. The zero-order valence-corrected chi connectivity index (χ0v) is 21.2. The summed E-state index contributed by atoms with van der Waals surface area (Å²) >= 11 is 0. The second-order valence-corrected chi connectivity index (χ2v) is 9.29. The summed E-state index contributed by atoms with van der Waals surface area (Å²) in [5.41, 5.74) is 5.40. The highest BCUT2D eigenvalue weighted by Gasteiger charge is 2.23. The minimum Gasteiger partial charge on any atom is -0.499 e. The molecule has 0 bridgehead atoms. The van der Waals surface area contributed by atoms with E-state index in [0.29, 0.717) is 52.8 Å². The highest BCUT2D eigenvalue weighted by molar-refractivity contribution is 5.95. The van der Waals surface area contributed by atoms with E-state index in [4.69, 9.17) is 20.5 Å². The van der Waals surface area contributed by atoms with Crippen molar-refractivity contribution in [3.05, 3.63) is 64.8 Å². The van der Waals surface area contributed by atoms with Crippen LogP contribution in [0.15, 0.2) is 41.1 Å². The summed E-state index contributed by atoms with van der Waals surface area (Å²) in [7, 11) is 3.41. The quantitative estimate of drug-likeness (QED) is 0.342. The standard InChI is InChI=1S/C28H27N5O4/c1-16-12-18(28(34)33(4)5)15-31-25(16)23-13-21-26(37-23)24(17(2)14-30-21)20-6-7-22(27(29-3)32-20)36-19-8-10-35-11-9-19/h6-7,12-15,19H,8-11H2,1-2,4-5H3. The van der Waals surface area contributed by atoms with Gasteiger partial charge in [-0.2, -0.15) is 0 Å². The molecular weight excluding hydrogens is 470 g/mol. The highest BCUT2D eigenvalue weighted by Crippen LogP contribution is 2.38. The van der Waals surface area contributed by atoms with E-state index in [0.717, 1.165) is 29.5 Å². The van der Waals surface area contributed by atoms with Crippen molar-refractivity contribution in [1.82, 2.24) is 19.9 Å². The van der Waals surface area contributed by atoms with E-state index < -0.39 is 0 Å². The lowest BCUT2D eigenvalue weighted by molar-refractivity contribution is 0.0258. The summed E-state index contributed by atoms with van der Waals surface area (Å²) in [6, 6.07) is 7.28. The molecule has 37 heavy (non-hydrogen) atoms. The smallest absolute Gasteiger partial charge is 0.312 e. The summed E-state index contributed by atoms with van der Waals surface area (Å²) in [5, 5.41) is 0. The zero-order valence-electron chi connectivity index (χ0n) is 21.2. The van der Waals surface area contributed by atoms with Gasteiger partial charge >= 0.3 is 5.82 Å². The van der Waals surface area contributed by atoms with Gasteiger partial charge in [-0.3, -0.25) is 14.8 Å². The van der Waals surface area contributed by atoms with Crippen molar-refractivity contribution in [2.75, 3.05) is 27.3 Å². The second-order valence-electron chi connectivity index (χ2n) is 9.29. The number of carbonyl (C=O) groups excluding carboxylic acids is 1. The summed E-state index contributed by atoms with van der Waals surface area (Å²) < 4.78 is 17.8. The number of hydrogen-bond acceptors (Lipinski definition) is 7. The zero-order chi connectivity index (χ0) is 26.1. The van der Waals surface area contributed by atoms with Gasteiger partial charge in [0.1, 0.15) is 23.1 Å². The van der Waals surface area contributed by atoms with Gasteiger partial charge in [-0.05, 0) is 43.2 Å². The van der Waals surface area contributed by atoms with Crippen LogP contribution in [0.3, 0.4) is 0 Å². The number of nitrogens with zero attached hydrogens (tertiary/aromatic N) is 5. The van der Waals surface area contributed by atoms with Crippen LogP contribution in [-0.4, -0.2) is 59.2 Å². The molecule has 0 aromatic carbocycles. The van der Waals surface area contributed by atoms with Gasteiger partial charge in [-0.15, -0.1) is 4.98 Å². The molecule has 1 fully saturated rings. The van der Waals surface area contributed by atoms with Crippen LogP contribution in [0.4, 0.5) is 5.82 Å². The minimum absolute atomic E-state index is 0.0130. The molecule has 0 radical (unpaired) electrons. The molecule has 0 N–H and O–H groups in total. The number of hydrogen-bond donors (Lipinski definition) is 0. The lowest BCUT2D eigenvalue weighted by Gasteiger charge is -2.23. The Hall–Kier alpha value is -4.29. The molecule has 0 unspecified atom stereocenters. The van der Waals surface area contributed by atoms with Crippen molar-refractivity contribution >= 4 is 22.8 Å². The van der Waals surface area contributed by atoms with E-state index in [1.807, 2.05) is 26.0 Å². The van der Waals surface area contributed by atoms with E-state index in [9.17, 15) is 4.79 Å². The van der Waals surface area contributed by atoms with E-state index in [1.165, 1.54) is 4.90 Å². The maximum Gasteiger partial charge on any atom is 0.312 e. The molecule has 1 amide bonds. The van der Waals surface area contributed by atoms with E-state index >= 15 is 0 Å². The maximum atomic E-state index is 12.3. The number of fused-ring (bicyclic) bond motifs is 1. The van der Waals surface area contributed by atoms with Crippen LogP contribution in [0.1, 0.15) is 34.3 Å². The molecule has 5 heterocycles. The summed E-state index contributed by atoms with van der Waals surface area (Å²) in [5.74, 6) is 1.11. The van der Waals surface area contributed by atoms with Crippen LogP contribution in [0, 0.1) is 20.4 Å². The van der Waals surface area contributed by atoms with Crippen molar-refractivity contribution in [2.24, 2.45) is 0 Å². The molecule has 9 heteroatoms. The fourth-order valence-corrected chi connectivity index (χ4v) is 4.43. The molecule has 0 aliphatic carbocycles. The lowest BCUT2D eigenvalue weighted by atomic mass is 10.1. The molecule has 0 atom stereocenters. The van der Waals surface area contributed by atoms with Gasteiger partial charge in [-0.25, -0.2) is 0 Å². The largest absolute Gasteiger partial charge is 0.499 e. The van der Waals surface area contributed by atoms with Gasteiger partial charge in [0.2, 0.25) is 0 Å². The van der Waals surface area contributed by atoms with Crippen LogP contribution >= 0.6 is 0 Å². The third kappa shape index (κ3) is 4.76. The van der Waals surface area contributed by atoms with Crippen LogP contribution in [-0.2, 0) is 4.74 Å². The Labute approximate surface area is 214 Å². The lowest BCUT2D eigenvalue weighted by Crippen LogP contribution is -2.25. The van der Waals surface area contributed by atoms with Gasteiger partial charge in [-0.1, -0.05) is 6.57 Å².